The van der Waals surface area contributed by atoms with Crippen LogP contribution in [0.1, 0.15) is 19.4 Å². The third-order valence-electron chi connectivity index (χ3n) is 2.63. The van der Waals surface area contributed by atoms with Crippen molar-refractivity contribution in [3.63, 3.8) is 0 Å². The molecule has 0 aliphatic rings. The van der Waals surface area contributed by atoms with E-state index in [1.54, 1.807) is 14.0 Å². The molecule has 0 spiro atoms. The minimum atomic E-state index is -0.323. The number of methoxy groups -OCH3 is 1. The normalized spacial score (nSPS) is 14.5. The lowest BCUT2D eigenvalue weighted by atomic mass is 10.1. The van der Waals surface area contributed by atoms with Crippen LogP contribution in [-0.2, 0) is 11.3 Å². The van der Waals surface area contributed by atoms with E-state index >= 15 is 0 Å². The molecular formula is C13H20O3. The highest BCUT2D eigenvalue weighted by Crippen LogP contribution is 2.12. The minimum Gasteiger partial charge on any atom is -0.497 e. The molecule has 0 saturated carbocycles. The van der Waals surface area contributed by atoms with Gasteiger partial charge in [0.25, 0.3) is 0 Å². The number of benzene rings is 1. The molecule has 2 atom stereocenters. The standard InChI is InChI=1S/C13H20O3/c1-10(11(2)14)8-16-9-12-4-6-13(15-3)7-5-12/h4-7,10-11,14H,8-9H2,1-3H3/t10-,11+/m0/s1. The van der Waals surface area contributed by atoms with Crippen molar-refractivity contribution in [1.29, 1.82) is 0 Å². The van der Waals surface area contributed by atoms with Crippen LogP contribution in [0.4, 0.5) is 0 Å². The molecule has 16 heavy (non-hydrogen) atoms. The largest absolute Gasteiger partial charge is 0.497 e. The van der Waals surface area contributed by atoms with E-state index in [4.69, 9.17) is 9.47 Å². The lowest BCUT2D eigenvalue weighted by Gasteiger charge is -2.14. The van der Waals surface area contributed by atoms with Crippen LogP contribution in [0.3, 0.4) is 0 Å². The Morgan fingerprint density at radius 1 is 1.19 bits per heavy atom. The summed E-state index contributed by atoms with van der Waals surface area (Å²) in [7, 11) is 1.65. The fraction of sp³-hybridized carbons (Fsp3) is 0.538. The summed E-state index contributed by atoms with van der Waals surface area (Å²) < 4.78 is 10.6. The van der Waals surface area contributed by atoms with E-state index in [2.05, 4.69) is 0 Å². The molecule has 1 aromatic rings. The van der Waals surface area contributed by atoms with Crippen molar-refractivity contribution in [3.8, 4) is 5.75 Å². The SMILES string of the molecule is COc1ccc(COC[C@H](C)[C@@H](C)O)cc1. The molecule has 0 unspecified atom stereocenters. The van der Waals surface area contributed by atoms with Gasteiger partial charge in [-0.1, -0.05) is 19.1 Å². The third kappa shape index (κ3) is 4.21. The molecule has 3 nitrogen and oxygen atoms in total. The Labute approximate surface area is 97.0 Å². The van der Waals surface area contributed by atoms with Gasteiger partial charge in [-0.05, 0) is 24.6 Å². The van der Waals surface area contributed by atoms with Crippen molar-refractivity contribution in [2.24, 2.45) is 5.92 Å². The third-order valence-corrected chi connectivity index (χ3v) is 2.63. The van der Waals surface area contributed by atoms with E-state index in [9.17, 15) is 5.11 Å². The van der Waals surface area contributed by atoms with Gasteiger partial charge in [0.05, 0.1) is 26.4 Å². The van der Waals surface area contributed by atoms with E-state index in [1.807, 2.05) is 31.2 Å². The first-order valence-electron chi connectivity index (χ1n) is 5.52. The molecule has 1 aromatic carbocycles. The highest BCUT2D eigenvalue weighted by atomic mass is 16.5. The summed E-state index contributed by atoms with van der Waals surface area (Å²) in [4.78, 5) is 0. The maximum absolute atomic E-state index is 9.29. The quantitative estimate of drug-likeness (QED) is 0.805. The number of aliphatic hydroxyl groups excluding tert-OH is 1. The first-order valence-corrected chi connectivity index (χ1v) is 5.52. The van der Waals surface area contributed by atoms with Gasteiger partial charge in [-0.15, -0.1) is 0 Å². The Morgan fingerprint density at radius 2 is 1.81 bits per heavy atom. The Balaban J connectivity index is 2.31. The van der Waals surface area contributed by atoms with Gasteiger partial charge in [0.15, 0.2) is 0 Å². The molecule has 0 saturated heterocycles. The van der Waals surface area contributed by atoms with Gasteiger partial charge in [0, 0.05) is 5.92 Å². The smallest absolute Gasteiger partial charge is 0.118 e. The van der Waals surface area contributed by atoms with E-state index in [-0.39, 0.29) is 12.0 Å². The van der Waals surface area contributed by atoms with Crippen molar-refractivity contribution in [3.05, 3.63) is 29.8 Å². The summed E-state index contributed by atoms with van der Waals surface area (Å²) in [5.41, 5.74) is 1.11. The molecule has 90 valence electrons. The predicted molar refractivity (Wildman–Crippen MR) is 63.5 cm³/mol. The van der Waals surface area contributed by atoms with Crippen molar-refractivity contribution in [2.45, 2.75) is 26.6 Å². The zero-order valence-corrected chi connectivity index (χ0v) is 10.1. The second-order valence-electron chi connectivity index (χ2n) is 4.08. The zero-order chi connectivity index (χ0) is 12.0. The summed E-state index contributed by atoms with van der Waals surface area (Å²) in [5.74, 6) is 1.01. The van der Waals surface area contributed by atoms with Crippen LogP contribution in [0.25, 0.3) is 0 Å². The average molecular weight is 224 g/mol. The average Bonchev–Trinajstić information content (AvgIpc) is 2.29. The number of aliphatic hydroxyl groups is 1. The lowest BCUT2D eigenvalue weighted by Crippen LogP contribution is -2.18. The fourth-order valence-corrected chi connectivity index (χ4v) is 1.22. The lowest BCUT2D eigenvalue weighted by molar-refractivity contribution is 0.0367. The van der Waals surface area contributed by atoms with Gasteiger partial charge in [-0.3, -0.25) is 0 Å². The first-order chi connectivity index (χ1) is 7.63. The van der Waals surface area contributed by atoms with Crippen LogP contribution in [0.2, 0.25) is 0 Å². The number of rotatable bonds is 6. The molecule has 0 radical (unpaired) electrons. The summed E-state index contributed by atoms with van der Waals surface area (Å²) in [6.07, 6.45) is -0.323. The van der Waals surface area contributed by atoms with E-state index in [1.165, 1.54) is 0 Å². The molecule has 0 aliphatic carbocycles. The maximum atomic E-state index is 9.29. The minimum absolute atomic E-state index is 0.165. The molecule has 0 amide bonds. The molecule has 0 heterocycles. The Hall–Kier alpha value is -1.06. The molecule has 0 aliphatic heterocycles. The Morgan fingerprint density at radius 3 is 2.31 bits per heavy atom. The zero-order valence-electron chi connectivity index (χ0n) is 10.1. The van der Waals surface area contributed by atoms with Crippen LogP contribution in [0, 0.1) is 5.92 Å². The van der Waals surface area contributed by atoms with Crippen molar-refractivity contribution < 1.29 is 14.6 Å². The predicted octanol–water partition coefficient (Wildman–Crippen LogP) is 2.23. The Bertz CT molecular complexity index is 293. The molecule has 3 heteroatoms. The highest BCUT2D eigenvalue weighted by Gasteiger charge is 2.08. The van der Waals surface area contributed by atoms with E-state index < -0.39 is 0 Å². The summed E-state index contributed by atoms with van der Waals surface area (Å²) in [6, 6.07) is 7.78. The van der Waals surface area contributed by atoms with Gasteiger partial charge in [-0.2, -0.15) is 0 Å². The van der Waals surface area contributed by atoms with Crippen LogP contribution in [0.15, 0.2) is 24.3 Å². The topological polar surface area (TPSA) is 38.7 Å². The van der Waals surface area contributed by atoms with Crippen molar-refractivity contribution in [1.82, 2.24) is 0 Å². The van der Waals surface area contributed by atoms with Gasteiger partial charge < -0.3 is 14.6 Å². The Kier molecular flexibility index (Phi) is 5.29. The van der Waals surface area contributed by atoms with Crippen LogP contribution in [-0.4, -0.2) is 24.9 Å². The summed E-state index contributed by atoms with van der Waals surface area (Å²) in [6.45, 7) is 4.89. The monoisotopic (exact) mass is 224 g/mol. The summed E-state index contributed by atoms with van der Waals surface area (Å²) in [5, 5.41) is 9.29. The fourth-order valence-electron chi connectivity index (χ4n) is 1.22. The number of ether oxygens (including phenoxy) is 2. The van der Waals surface area contributed by atoms with Crippen molar-refractivity contribution >= 4 is 0 Å². The molecular weight excluding hydrogens is 204 g/mol. The van der Waals surface area contributed by atoms with Crippen LogP contribution >= 0.6 is 0 Å². The van der Waals surface area contributed by atoms with Gasteiger partial charge >= 0.3 is 0 Å². The molecule has 0 bridgehead atoms. The van der Waals surface area contributed by atoms with Crippen LogP contribution < -0.4 is 4.74 Å². The molecule has 0 fully saturated rings. The second-order valence-corrected chi connectivity index (χ2v) is 4.08. The highest BCUT2D eigenvalue weighted by molar-refractivity contribution is 5.26. The van der Waals surface area contributed by atoms with E-state index in [0.717, 1.165) is 11.3 Å². The van der Waals surface area contributed by atoms with E-state index in [0.29, 0.717) is 13.2 Å². The van der Waals surface area contributed by atoms with Crippen LogP contribution in [0.5, 0.6) is 5.75 Å². The number of hydrogen-bond donors (Lipinski definition) is 1. The molecule has 1 rings (SSSR count). The van der Waals surface area contributed by atoms with Gasteiger partial charge in [-0.25, -0.2) is 0 Å². The molecule has 0 aromatic heterocycles. The maximum Gasteiger partial charge on any atom is 0.118 e. The van der Waals surface area contributed by atoms with Crippen molar-refractivity contribution in [2.75, 3.05) is 13.7 Å². The number of hydrogen-bond acceptors (Lipinski definition) is 3. The van der Waals surface area contributed by atoms with Gasteiger partial charge in [0.2, 0.25) is 0 Å². The summed E-state index contributed by atoms with van der Waals surface area (Å²) >= 11 is 0. The van der Waals surface area contributed by atoms with Gasteiger partial charge in [0.1, 0.15) is 5.75 Å². The second kappa shape index (κ2) is 6.51. The first kappa shape index (κ1) is 13.0. The molecule has 1 N–H and O–H groups in total.